The summed E-state index contributed by atoms with van der Waals surface area (Å²) in [6.45, 7) is 3.04. The number of aromatic nitrogens is 1. The number of hydrogen-bond donors (Lipinski definition) is 0. The van der Waals surface area contributed by atoms with Crippen molar-refractivity contribution in [1.82, 2.24) is 14.8 Å². The van der Waals surface area contributed by atoms with E-state index in [1.54, 1.807) is 6.20 Å². The van der Waals surface area contributed by atoms with Gasteiger partial charge in [0.1, 0.15) is 0 Å². The van der Waals surface area contributed by atoms with E-state index in [-0.39, 0.29) is 23.6 Å². The van der Waals surface area contributed by atoms with E-state index in [1.165, 1.54) is 0 Å². The number of nitrogens with zero attached hydrogens (tertiary/aromatic N) is 3. The van der Waals surface area contributed by atoms with Gasteiger partial charge in [0.05, 0.1) is 17.2 Å². The third kappa shape index (κ3) is 3.78. The van der Waals surface area contributed by atoms with Gasteiger partial charge in [-0.1, -0.05) is 35.9 Å². The van der Waals surface area contributed by atoms with Crippen molar-refractivity contribution in [2.75, 3.05) is 24.6 Å². The lowest BCUT2D eigenvalue weighted by Gasteiger charge is -2.44. The molecular weight excluding hydrogens is 370 g/mol. The first kappa shape index (κ1) is 17.9. The first-order chi connectivity index (χ1) is 12.5. The molecule has 0 radical (unpaired) electrons. The molecule has 2 atom stereocenters. The zero-order valence-corrected chi connectivity index (χ0v) is 16.0. The van der Waals surface area contributed by atoms with Crippen LogP contribution in [0, 0.1) is 0 Å². The average Bonchev–Trinajstić information content (AvgIpc) is 2.96. The van der Waals surface area contributed by atoms with E-state index in [1.807, 2.05) is 42.5 Å². The molecule has 5 nitrogen and oxygen atoms in total. The Morgan fingerprint density at radius 3 is 2.27 bits per heavy atom. The topological polar surface area (TPSA) is 53.5 Å². The Kier molecular flexibility index (Phi) is 5.01. The highest BCUT2D eigenvalue weighted by Gasteiger charge is 2.46. The Labute approximate surface area is 159 Å². The van der Waals surface area contributed by atoms with Gasteiger partial charge < -0.3 is 0 Å². The molecule has 0 aliphatic carbocycles. The van der Waals surface area contributed by atoms with Gasteiger partial charge in [-0.2, -0.15) is 0 Å². The maximum atomic E-state index is 12.4. The molecule has 2 fully saturated rings. The fourth-order valence-electron chi connectivity index (χ4n) is 4.03. The van der Waals surface area contributed by atoms with Crippen LogP contribution in [0.4, 0.5) is 0 Å². The number of rotatable bonds is 4. The van der Waals surface area contributed by atoms with Gasteiger partial charge in [0.25, 0.3) is 0 Å². The minimum Gasteiger partial charge on any atom is -0.292 e. The summed E-state index contributed by atoms with van der Waals surface area (Å²) in [5.74, 6) is 0.449. The minimum absolute atomic E-state index is 0.00809. The second-order valence-corrected chi connectivity index (χ2v) is 9.63. The van der Waals surface area contributed by atoms with Gasteiger partial charge in [-0.3, -0.25) is 14.8 Å². The number of fused-ring (bicyclic) bond motifs is 1. The molecule has 0 unspecified atom stereocenters. The van der Waals surface area contributed by atoms with Crippen LogP contribution in [-0.2, 0) is 22.9 Å². The zero-order valence-electron chi connectivity index (χ0n) is 14.5. The van der Waals surface area contributed by atoms with E-state index in [0.717, 1.165) is 29.4 Å². The summed E-state index contributed by atoms with van der Waals surface area (Å²) in [5.41, 5.74) is 2.03. The molecule has 2 aliphatic rings. The molecular formula is C19H22ClN3O2S. The number of benzene rings is 1. The van der Waals surface area contributed by atoms with Crippen LogP contribution in [0.3, 0.4) is 0 Å². The van der Waals surface area contributed by atoms with Crippen molar-refractivity contribution in [1.29, 1.82) is 0 Å². The van der Waals surface area contributed by atoms with Crippen molar-refractivity contribution in [3.05, 3.63) is 64.9 Å². The largest absolute Gasteiger partial charge is 0.292 e. The Morgan fingerprint density at radius 1 is 0.962 bits per heavy atom. The highest BCUT2D eigenvalue weighted by molar-refractivity contribution is 7.91. The maximum absolute atomic E-state index is 12.4. The number of piperazine rings is 1. The summed E-state index contributed by atoms with van der Waals surface area (Å²) in [7, 11) is -3.03. The smallest absolute Gasteiger partial charge is 0.153 e. The first-order valence-electron chi connectivity index (χ1n) is 8.84. The predicted molar refractivity (Wildman–Crippen MR) is 103 cm³/mol. The van der Waals surface area contributed by atoms with E-state index in [9.17, 15) is 8.42 Å². The van der Waals surface area contributed by atoms with Gasteiger partial charge in [0.15, 0.2) is 9.84 Å². The molecule has 4 rings (SSSR count). The lowest BCUT2D eigenvalue weighted by Crippen LogP contribution is -2.58. The molecule has 0 bridgehead atoms. The number of hydrogen-bond acceptors (Lipinski definition) is 5. The maximum Gasteiger partial charge on any atom is 0.153 e. The van der Waals surface area contributed by atoms with Gasteiger partial charge in [-0.25, -0.2) is 8.42 Å². The summed E-state index contributed by atoms with van der Waals surface area (Å²) in [6, 6.07) is 13.7. The third-order valence-electron chi connectivity index (χ3n) is 5.33. The van der Waals surface area contributed by atoms with Crippen molar-refractivity contribution in [2.24, 2.45) is 0 Å². The Balaban J connectivity index is 1.55. The summed E-state index contributed by atoms with van der Waals surface area (Å²) in [6.07, 6.45) is 1.78. The monoisotopic (exact) mass is 391 g/mol. The normalized spacial score (nSPS) is 25.9. The van der Waals surface area contributed by atoms with E-state index in [4.69, 9.17) is 11.6 Å². The molecule has 3 heterocycles. The SMILES string of the molecule is O=S1(=O)C[C@@H]2[C@H](C1)N(Cc1ccccc1Cl)CCN2Cc1ccccn1. The van der Waals surface area contributed by atoms with Crippen molar-refractivity contribution < 1.29 is 8.42 Å². The first-order valence-corrected chi connectivity index (χ1v) is 11.0. The van der Waals surface area contributed by atoms with Crippen molar-refractivity contribution in [3.8, 4) is 0 Å². The van der Waals surface area contributed by atoms with Crippen LogP contribution < -0.4 is 0 Å². The molecule has 2 aromatic rings. The second-order valence-electron chi connectivity index (χ2n) is 7.07. The summed E-state index contributed by atoms with van der Waals surface area (Å²) < 4.78 is 24.7. The van der Waals surface area contributed by atoms with Crippen LogP contribution in [0.25, 0.3) is 0 Å². The third-order valence-corrected chi connectivity index (χ3v) is 7.40. The van der Waals surface area contributed by atoms with Crippen LogP contribution >= 0.6 is 11.6 Å². The zero-order chi connectivity index (χ0) is 18.1. The molecule has 2 saturated heterocycles. The molecule has 0 amide bonds. The van der Waals surface area contributed by atoms with Gasteiger partial charge in [-0.05, 0) is 23.8 Å². The summed E-state index contributed by atoms with van der Waals surface area (Å²) in [4.78, 5) is 8.96. The van der Waals surface area contributed by atoms with E-state index in [0.29, 0.717) is 13.1 Å². The quantitative estimate of drug-likeness (QED) is 0.799. The van der Waals surface area contributed by atoms with Crippen molar-refractivity contribution >= 4 is 21.4 Å². The molecule has 2 aliphatic heterocycles. The van der Waals surface area contributed by atoms with Gasteiger partial charge >= 0.3 is 0 Å². The predicted octanol–water partition coefficient (Wildman–Crippen LogP) is 2.22. The fraction of sp³-hybridized carbons (Fsp3) is 0.421. The molecule has 0 saturated carbocycles. The summed E-state index contributed by atoms with van der Waals surface area (Å²) in [5, 5.41) is 0.737. The van der Waals surface area contributed by atoms with Gasteiger partial charge in [-0.15, -0.1) is 0 Å². The fourth-order valence-corrected chi connectivity index (χ4v) is 6.27. The highest BCUT2D eigenvalue weighted by Crippen LogP contribution is 2.30. The van der Waals surface area contributed by atoms with Crippen LogP contribution in [0.5, 0.6) is 0 Å². The molecule has 26 heavy (non-hydrogen) atoms. The van der Waals surface area contributed by atoms with Crippen LogP contribution in [0.2, 0.25) is 5.02 Å². The van der Waals surface area contributed by atoms with E-state index in [2.05, 4.69) is 14.8 Å². The highest BCUT2D eigenvalue weighted by atomic mass is 35.5. The molecule has 138 valence electrons. The number of halogens is 1. The molecule has 0 spiro atoms. The standard InChI is InChI=1S/C19H22ClN3O2S/c20-17-7-2-1-5-15(17)11-22-9-10-23(12-16-6-3-4-8-21-16)19-14-26(24,25)13-18(19)22/h1-8,18-19H,9-14H2/t18-,19+/m0/s1. The molecule has 7 heteroatoms. The number of pyridine rings is 1. The van der Waals surface area contributed by atoms with Gasteiger partial charge in [0.2, 0.25) is 0 Å². The Morgan fingerprint density at radius 2 is 1.62 bits per heavy atom. The van der Waals surface area contributed by atoms with Crippen LogP contribution in [-0.4, -0.2) is 59.9 Å². The minimum atomic E-state index is -3.03. The average molecular weight is 392 g/mol. The lowest BCUT2D eigenvalue weighted by molar-refractivity contribution is 0.0348. The van der Waals surface area contributed by atoms with Crippen LogP contribution in [0.15, 0.2) is 48.7 Å². The van der Waals surface area contributed by atoms with Crippen molar-refractivity contribution in [3.63, 3.8) is 0 Å². The summed E-state index contributed by atoms with van der Waals surface area (Å²) >= 11 is 6.31. The van der Waals surface area contributed by atoms with E-state index < -0.39 is 9.84 Å². The van der Waals surface area contributed by atoms with Crippen LogP contribution in [0.1, 0.15) is 11.3 Å². The second kappa shape index (κ2) is 7.27. The van der Waals surface area contributed by atoms with Crippen molar-refractivity contribution in [2.45, 2.75) is 25.2 Å². The lowest BCUT2D eigenvalue weighted by atomic mass is 10.0. The number of sulfone groups is 1. The Hall–Kier alpha value is -1.47. The Bertz CT molecular complexity index is 875. The molecule has 1 aromatic carbocycles. The molecule has 0 N–H and O–H groups in total. The molecule has 1 aromatic heterocycles. The van der Waals surface area contributed by atoms with Gasteiger partial charge in [0, 0.05) is 49.5 Å². The van der Waals surface area contributed by atoms with E-state index >= 15 is 0 Å².